The molecule has 1 heterocycles. The van der Waals surface area contributed by atoms with Crippen molar-refractivity contribution >= 4 is 23.1 Å². The number of rotatable bonds is 18. The molecule has 1 atom stereocenters. The summed E-state index contributed by atoms with van der Waals surface area (Å²) < 4.78 is 31.5. The number of aryl methyl sites for hydroxylation is 3. The molecule has 4 rings (SSSR count). The molecule has 0 amide bonds. The van der Waals surface area contributed by atoms with E-state index in [0.717, 1.165) is 41.8 Å². The summed E-state index contributed by atoms with van der Waals surface area (Å²) in [5, 5.41) is 0. The summed E-state index contributed by atoms with van der Waals surface area (Å²) in [4.78, 5) is 16.4. The number of unbranched alkanes of at least 4 members (excludes halogenated alkanes) is 1. The second-order valence-corrected chi connectivity index (χ2v) is 12.6. The van der Waals surface area contributed by atoms with Crippen LogP contribution in [0.2, 0.25) is 0 Å². The van der Waals surface area contributed by atoms with Crippen LogP contribution in [0.4, 0.5) is 4.39 Å². The molecule has 45 heavy (non-hydrogen) atoms. The van der Waals surface area contributed by atoms with Crippen LogP contribution in [0.15, 0.2) is 91.5 Å². The molecule has 7 heteroatoms. The Morgan fingerprint density at radius 1 is 0.867 bits per heavy atom. The van der Waals surface area contributed by atoms with Crippen molar-refractivity contribution < 1.29 is 23.4 Å². The number of carbonyl (C=O) groups is 1. The molecule has 3 aromatic carbocycles. The van der Waals surface area contributed by atoms with Gasteiger partial charge in [-0.25, -0.2) is 4.39 Å². The molecule has 1 unspecified atom stereocenters. The normalized spacial score (nSPS) is 11.8. The van der Waals surface area contributed by atoms with Gasteiger partial charge >= 0.3 is 5.97 Å². The first-order valence-corrected chi connectivity index (χ1v) is 16.3. The number of benzene rings is 3. The highest BCUT2D eigenvalue weighted by molar-refractivity contribution is 7.12. The Morgan fingerprint density at radius 3 is 2.20 bits per heavy atom. The van der Waals surface area contributed by atoms with Crippen molar-refractivity contribution in [2.75, 3.05) is 27.3 Å². The molecule has 0 spiro atoms. The first-order valence-electron chi connectivity index (χ1n) is 15.4. The summed E-state index contributed by atoms with van der Waals surface area (Å²) in [6.07, 6.45) is 3.73. The van der Waals surface area contributed by atoms with Crippen LogP contribution in [0.3, 0.4) is 0 Å². The van der Waals surface area contributed by atoms with E-state index >= 15 is 0 Å². The van der Waals surface area contributed by atoms with Crippen molar-refractivity contribution in [3.8, 4) is 0 Å². The number of nitrogens with zero attached hydrogens (tertiary/aromatic N) is 1. The molecular weight excluding hydrogens is 585 g/mol. The van der Waals surface area contributed by atoms with Crippen LogP contribution >= 0.6 is 11.3 Å². The fraction of sp³-hybridized carbons (Fsp3) is 0.342. The minimum Gasteiger partial charge on any atom is -0.497 e. The van der Waals surface area contributed by atoms with Gasteiger partial charge in [0.15, 0.2) is 0 Å². The predicted octanol–water partition coefficient (Wildman–Crippen LogP) is 8.70. The van der Waals surface area contributed by atoms with Gasteiger partial charge < -0.3 is 14.2 Å². The molecule has 0 aliphatic carbocycles. The smallest absolute Gasteiger partial charge is 0.305 e. The highest BCUT2D eigenvalue weighted by Gasteiger charge is 2.20. The van der Waals surface area contributed by atoms with Gasteiger partial charge in [-0.3, -0.25) is 9.69 Å². The Kier molecular flexibility index (Phi) is 13.4. The summed E-state index contributed by atoms with van der Waals surface area (Å²) >= 11 is 1.74. The van der Waals surface area contributed by atoms with E-state index in [1.807, 2.05) is 12.1 Å². The molecule has 0 fully saturated rings. The summed E-state index contributed by atoms with van der Waals surface area (Å²) in [5.41, 5.74) is 4.97. The molecule has 5 nitrogen and oxygen atoms in total. The van der Waals surface area contributed by atoms with Gasteiger partial charge in [0.05, 0.1) is 26.4 Å². The third-order valence-corrected chi connectivity index (χ3v) is 8.93. The van der Waals surface area contributed by atoms with Crippen molar-refractivity contribution in [3.05, 3.63) is 135 Å². The topological polar surface area (TPSA) is 48.0 Å². The molecule has 0 aliphatic rings. The highest BCUT2D eigenvalue weighted by atomic mass is 32.1. The first kappa shape index (κ1) is 34.1. The Balaban J connectivity index is 1.45. The summed E-state index contributed by atoms with van der Waals surface area (Å²) in [6.45, 7) is 8.26. The number of halogens is 1. The summed E-state index contributed by atoms with van der Waals surface area (Å²) in [5.74, 6) is -0.276. The van der Waals surface area contributed by atoms with Gasteiger partial charge in [0.1, 0.15) is 17.7 Å². The van der Waals surface area contributed by atoms with E-state index in [1.165, 1.54) is 30.2 Å². The Morgan fingerprint density at radius 2 is 1.56 bits per heavy atom. The predicted molar refractivity (Wildman–Crippen MR) is 180 cm³/mol. The van der Waals surface area contributed by atoms with E-state index in [-0.39, 0.29) is 17.9 Å². The number of methoxy groups -OCH3 is 2. The molecule has 0 radical (unpaired) electrons. The van der Waals surface area contributed by atoms with Crippen LogP contribution in [0.25, 0.3) is 5.76 Å². The van der Waals surface area contributed by atoms with Crippen LogP contribution in [-0.4, -0.2) is 38.2 Å². The molecule has 0 saturated carbocycles. The maximum atomic E-state index is 14.9. The second-order valence-electron chi connectivity index (χ2n) is 11.3. The van der Waals surface area contributed by atoms with Crippen molar-refractivity contribution in [3.63, 3.8) is 0 Å². The van der Waals surface area contributed by atoms with E-state index in [2.05, 4.69) is 79.1 Å². The number of ether oxygens (including phenoxy) is 3. The summed E-state index contributed by atoms with van der Waals surface area (Å²) in [7, 11) is 2.90. The standard InChI is InChI=1S/C38H44FNO4S/c1-28-13-22-37(45-28)36(44-27-32-18-16-31(17-19-32)15-14-30-10-6-5-7-11-30)26-40(23-9-8-12-38(41)43-4)25-33-20-21-34(29(2)42-3)35(39)24-33/h5-7,10-11,13,16-22,24,36H,2,8-9,12,14-15,23,25-27H2,1,3-4H3. The van der Waals surface area contributed by atoms with Crippen LogP contribution < -0.4 is 0 Å². The van der Waals surface area contributed by atoms with E-state index in [9.17, 15) is 9.18 Å². The Bertz CT molecular complexity index is 1500. The van der Waals surface area contributed by atoms with Gasteiger partial charge in [0, 0.05) is 29.3 Å². The number of thiophene rings is 1. The maximum absolute atomic E-state index is 14.9. The zero-order chi connectivity index (χ0) is 32.0. The molecule has 238 valence electrons. The van der Waals surface area contributed by atoms with E-state index in [4.69, 9.17) is 14.2 Å². The number of hydrogen-bond donors (Lipinski definition) is 0. The van der Waals surface area contributed by atoms with Crippen molar-refractivity contribution in [2.45, 2.75) is 58.3 Å². The number of hydrogen-bond acceptors (Lipinski definition) is 6. The lowest BCUT2D eigenvalue weighted by Crippen LogP contribution is -2.30. The van der Waals surface area contributed by atoms with E-state index in [1.54, 1.807) is 23.5 Å². The van der Waals surface area contributed by atoms with Gasteiger partial charge in [-0.15, -0.1) is 11.3 Å². The van der Waals surface area contributed by atoms with E-state index < -0.39 is 0 Å². The minimum atomic E-state index is -0.362. The van der Waals surface area contributed by atoms with Crippen molar-refractivity contribution in [1.82, 2.24) is 4.90 Å². The van der Waals surface area contributed by atoms with Gasteiger partial charge in [0.2, 0.25) is 0 Å². The fourth-order valence-electron chi connectivity index (χ4n) is 5.21. The monoisotopic (exact) mass is 629 g/mol. The van der Waals surface area contributed by atoms with Crippen molar-refractivity contribution in [2.24, 2.45) is 0 Å². The minimum absolute atomic E-state index is 0.167. The molecule has 0 saturated heterocycles. The van der Waals surface area contributed by atoms with Crippen LogP contribution in [0, 0.1) is 12.7 Å². The zero-order valence-electron chi connectivity index (χ0n) is 26.6. The largest absolute Gasteiger partial charge is 0.497 e. The van der Waals surface area contributed by atoms with Gasteiger partial charge in [-0.05, 0) is 85.7 Å². The maximum Gasteiger partial charge on any atom is 0.305 e. The quantitative estimate of drug-likeness (QED) is 0.0626. The lowest BCUT2D eigenvalue weighted by Gasteiger charge is -2.28. The molecule has 0 bridgehead atoms. The molecule has 0 aliphatic heterocycles. The van der Waals surface area contributed by atoms with Gasteiger partial charge in [-0.1, -0.05) is 67.2 Å². The second kappa shape index (κ2) is 17.6. The number of carbonyl (C=O) groups excluding carboxylic acids is 1. The molecular formula is C38H44FNO4S. The third kappa shape index (κ3) is 11.0. The number of esters is 1. The van der Waals surface area contributed by atoms with Crippen LogP contribution in [0.5, 0.6) is 0 Å². The lowest BCUT2D eigenvalue weighted by atomic mass is 10.0. The average Bonchev–Trinajstić information content (AvgIpc) is 3.50. The first-order chi connectivity index (χ1) is 21.8. The van der Waals surface area contributed by atoms with Gasteiger partial charge in [-0.2, -0.15) is 0 Å². The average molecular weight is 630 g/mol. The van der Waals surface area contributed by atoms with Crippen LogP contribution in [0.1, 0.15) is 62.9 Å². The van der Waals surface area contributed by atoms with Gasteiger partial charge in [0.25, 0.3) is 0 Å². The zero-order valence-corrected chi connectivity index (χ0v) is 27.4. The lowest BCUT2D eigenvalue weighted by molar-refractivity contribution is -0.140. The van der Waals surface area contributed by atoms with Crippen LogP contribution in [-0.2, 0) is 45.0 Å². The SMILES string of the molecule is C=C(OC)c1ccc(CN(CCCCC(=O)OC)CC(OCc2ccc(CCc3ccccc3)cc2)c2ccc(C)s2)cc1F. The fourth-order valence-corrected chi connectivity index (χ4v) is 6.13. The highest BCUT2D eigenvalue weighted by Crippen LogP contribution is 2.29. The molecule has 0 N–H and O–H groups in total. The Hall–Kier alpha value is -3.78. The van der Waals surface area contributed by atoms with E-state index in [0.29, 0.717) is 43.9 Å². The molecule has 1 aromatic heterocycles. The summed E-state index contributed by atoms with van der Waals surface area (Å²) in [6, 6.07) is 28.7. The molecule has 4 aromatic rings. The third-order valence-electron chi connectivity index (χ3n) is 7.84. The van der Waals surface area contributed by atoms with Crippen molar-refractivity contribution in [1.29, 1.82) is 0 Å². The Labute approximate surface area is 271 Å².